The van der Waals surface area contributed by atoms with E-state index in [1.54, 1.807) is 6.92 Å². The van der Waals surface area contributed by atoms with Gasteiger partial charge in [-0.15, -0.1) is 0 Å². The molecule has 0 amide bonds. The molecule has 0 aromatic heterocycles. The first kappa shape index (κ1) is 12.6. The van der Waals surface area contributed by atoms with Gasteiger partial charge >= 0.3 is 0 Å². The van der Waals surface area contributed by atoms with Crippen molar-refractivity contribution in [1.29, 1.82) is 0 Å². The number of rotatable bonds is 0. The molecule has 2 heteroatoms. The Balaban J connectivity index is 2.15. The summed E-state index contributed by atoms with van der Waals surface area (Å²) < 4.78 is 0. The van der Waals surface area contributed by atoms with Crippen molar-refractivity contribution in [2.45, 2.75) is 40.0 Å². The number of carbonyl (C=O) groups is 2. The molecular formula is C17H20O2. The van der Waals surface area contributed by atoms with E-state index in [1.807, 2.05) is 13.0 Å². The van der Waals surface area contributed by atoms with E-state index in [0.717, 1.165) is 12.8 Å². The van der Waals surface area contributed by atoms with E-state index >= 15 is 0 Å². The highest BCUT2D eigenvalue weighted by Crippen LogP contribution is 2.53. The molecule has 0 heterocycles. The van der Waals surface area contributed by atoms with Crippen LogP contribution in [0.25, 0.3) is 0 Å². The molecule has 0 aliphatic heterocycles. The van der Waals surface area contributed by atoms with Gasteiger partial charge in [0, 0.05) is 5.57 Å². The lowest BCUT2D eigenvalue weighted by atomic mass is 9.55. The van der Waals surface area contributed by atoms with Crippen LogP contribution in [0.15, 0.2) is 34.9 Å². The van der Waals surface area contributed by atoms with E-state index in [-0.39, 0.29) is 17.5 Å². The van der Waals surface area contributed by atoms with E-state index in [0.29, 0.717) is 17.1 Å². The summed E-state index contributed by atoms with van der Waals surface area (Å²) in [6, 6.07) is 0. The third-order valence-electron chi connectivity index (χ3n) is 5.17. The lowest BCUT2D eigenvalue weighted by Gasteiger charge is -2.46. The van der Waals surface area contributed by atoms with Gasteiger partial charge in [0.2, 0.25) is 0 Å². The van der Waals surface area contributed by atoms with Crippen molar-refractivity contribution < 1.29 is 9.59 Å². The van der Waals surface area contributed by atoms with Crippen molar-refractivity contribution in [1.82, 2.24) is 0 Å². The maximum atomic E-state index is 12.7. The predicted molar refractivity (Wildman–Crippen MR) is 74.5 cm³/mol. The second-order valence-corrected chi connectivity index (χ2v) is 6.48. The maximum Gasteiger partial charge on any atom is 0.183 e. The Morgan fingerprint density at radius 3 is 2.74 bits per heavy atom. The van der Waals surface area contributed by atoms with E-state index in [2.05, 4.69) is 13.0 Å². The van der Waals surface area contributed by atoms with Crippen LogP contribution in [0.1, 0.15) is 40.0 Å². The molecular weight excluding hydrogens is 236 g/mol. The quantitative estimate of drug-likeness (QED) is 0.665. The summed E-state index contributed by atoms with van der Waals surface area (Å²) in [6.07, 6.45) is 8.76. The van der Waals surface area contributed by atoms with Gasteiger partial charge in [0.05, 0.1) is 5.41 Å². The smallest absolute Gasteiger partial charge is 0.183 e. The van der Waals surface area contributed by atoms with E-state index in [4.69, 9.17) is 0 Å². The number of ketones is 2. The average molecular weight is 256 g/mol. The second kappa shape index (κ2) is 4.03. The van der Waals surface area contributed by atoms with Crippen molar-refractivity contribution in [3.8, 4) is 0 Å². The second-order valence-electron chi connectivity index (χ2n) is 6.48. The number of hydrogen-bond acceptors (Lipinski definition) is 2. The van der Waals surface area contributed by atoms with E-state index < -0.39 is 5.41 Å². The highest BCUT2D eigenvalue weighted by atomic mass is 16.1. The lowest BCUT2D eigenvalue weighted by molar-refractivity contribution is -0.128. The van der Waals surface area contributed by atoms with Gasteiger partial charge in [0.25, 0.3) is 0 Å². The average Bonchev–Trinajstić information content (AvgIpc) is 2.37. The zero-order valence-electron chi connectivity index (χ0n) is 11.8. The molecule has 0 radical (unpaired) electrons. The van der Waals surface area contributed by atoms with Gasteiger partial charge in [-0.3, -0.25) is 9.59 Å². The highest BCUT2D eigenvalue weighted by molar-refractivity contribution is 6.20. The summed E-state index contributed by atoms with van der Waals surface area (Å²) >= 11 is 0. The normalized spacial score (nSPS) is 37.9. The van der Waals surface area contributed by atoms with Crippen LogP contribution < -0.4 is 0 Å². The fourth-order valence-electron chi connectivity index (χ4n) is 3.98. The molecule has 0 bridgehead atoms. The third-order valence-corrected chi connectivity index (χ3v) is 5.17. The SMILES string of the molecule is CC1=CC(=O)C2=CC=C3CCC(C)CC3C2(C)C1=O. The Labute approximate surface area is 114 Å². The third kappa shape index (κ3) is 1.62. The Morgan fingerprint density at radius 1 is 1.26 bits per heavy atom. The summed E-state index contributed by atoms with van der Waals surface area (Å²) in [5, 5.41) is 0. The highest BCUT2D eigenvalue weighted by Gasteiger charge is 2.52. The first-order chi connectivity index (χ1) is 8.94. The molecule has 2 nitrogen and oxygen atoms in total. The van der Waals surface area contributed by atoms with Crippen LogP contribution in [0.5, 0.6) is 0 Å². The Bertz CT molecular complexity index is 562. The van der Waals surface area contributed by atoms with Crippen LogP contribution in [0.3, 0.4) is 0 Å². The van der Waals surface area contributed by atoms with Crippen LogP contribution in [0.4, 0.5) is 0 Å². The molecule has 0 aromatic rings. The van der Waals surface area contributed by atoms with Gasteiger partial charge in [0.15, 0.2) is 11.6 Å². The molecule has 3 atom stereocenters. The maximum absolute atomic E-state index is 12.7. The molecule has 1 saturated carbocycles. The molecule has 1 fully saturated rings. The molecule has 3 rings (SSSR count). The van der Waals surface area contributed by atoms with E-state index in [9.17, 15) is 9.59 Å². The standard InChI is InChI=1S/C17H20O2/c1-10-4-5-12-6-7-13-15(18)9-11(2)16(19)17(13,3)14(12)8-10/h6-7,9-10,14H,4-5,8H2,1-3H3. The van der Waals surface area contributed by atoms with Gasteiger partial charge < -0.3 is 0 Å². The van der Waals surface area contributed by atoms with Crippen molar-refractivity contribution >= 4 is 11.6 Å². The Morgan fingerprint density at radius 2 is 2.00 bits per heavy atom. The molecule has 3 unspecified atom stereocenters. The molecule has 0 N–H and O–H groups in total. The van der Waals surface area contributed by atoms with Crippen LogP contribution in [0.2, 0.25) is 0 Å². The number of Topliss-reactive ketones (excluding diaryl/α,β-unsaturated/α-hetero) is 1. The van der Waals surface area contributed by atoms with Gasteiger partial charge in [-0.2, -0.15) is 0 Å². The summed E-state index contributed by atoms with van der Waals surface area (Å²) in [7, 11) is 0. The minimum atomic E-state index is -0.616. The lowest BCUT2D eigenvalue weighted by Crippen LogP contribution is -2.46. The molecule has 0 aromatic carbocycles. The van der Waals surface area contributed by atoms with Gasteiger partial charge in [-0.1, -0.05) is 24.6 Å². The minimum Gasteiger partial charge on any atom is -0.294 e. The summed E-state index contributed by atoms with van der Waals surface area (Å²) in [6.45, 7) is 5.99. The van der Waals surface area contributed by atoms with Crippen LogP contribution >= 0.6 is 0 Å². The van der Waals surface area contributed by atoms with E-state index in [1.165, 1.54) is 18.1 Å². The predicted octanol–water partition coefficient (Wildman–Crippen LogP) is 3.39. The minimum absolute atomic E-state index is 0.0214. The van der Waals surface area contributed by atoms with Crippen molar-refractivity contribution in [3.05, 3.63) is 34.9 Å². The molecule has 19 heavy (non-hydrogen) atoms. The summed E-state index contributed by atoms with van der Waals surface area (Å²) in [5.41, 5.74) is 2.06. The van der Waals surface area contributed by atoms with Crippen molar-refractivity contribution in [2.24, 2.45) is 17.3 Å². The van der Waals surface area contributed by atoms with Gasteiger partial charge in [0.1, 0.15) is 0 Å². The van der Waals surface area contributed by atoms with Crippen LogP contribution in [-0.4, -0.2) is 11.6 Å². The molecule has 0 spiro atoms. The number of allylic oxidation sites excluding steroid dienone is 6. The molecule has 100 valence electrons. The fourth-order valence-corrected chi connectivity index (χ4v) is 3.98. The number of carbonyl (C=O) groups excluding carboxylic acids is 2. The Kier molecular flexibility index (Phi) is 2.67. The van der Waals surface area contributed by atoms with Gasteiger partial charge in [-0.05, 0) is 56.6 Å². The fraction of sp³-hybridized carbons (Fsp3) is 0.529. The number of fused-ring (bicyclic) bond motifs is 3. The molecule has 0 saturated heterocycles. The zero-order valence-corrected chi connectivity index (χ0v) is 11.8. The van der Waals surface area contributed by atoms with Gasteiger partial charge in [-0.25, -0.2) is 0 Å². The first-order valence-electron chi connectivity index (χ1n) is 7.13. The Hall–Kier alpha value is -1.44. The molecule has 3 aliphatic carbocycles. The molecule has 3 aliphatic rings. The van der Waals surface area contributed by atoms with Crippen molar-refractivity contribution in [3.63, 3.8) is 0 Å². The van der Waals surface area contributed by atoms with Crippen molar-refractivity contribution in [2.75, 3.05) is 0 Å². The topological polar surface area (TPSA) is 34.1 Å². The monoisotopic (exact) mass is 256 g/mol. The van der Waals surface area contributed by atoms with Crippen LogP contribution in [-0.2, 0) is 9.59 Å². The summed E-state index contributed by atoms with van der Waals surface area (Å²) in [4.78, 5) is 24.9. The first-order valence-corrected chi connectivity index (χ1v) is 7.13. The largest absolute Gasteiger partial charge is 0.294 e. The summed E-state index contributed by atoms with van der Waals surface area (Å²) in [5.74, 6) is 1.01. The van der Waals surface area contributed by atoms with Crippen LogP contribution in [0, 0.1) is 17.3 Å². The zero-order chi connectivity index (χ0) is 13.8. The number of hydrogen-bond donors (Lipinski definition) is 0.